The van der Waals surface area contributed by atoms with E-state index < -0.39 is 0 Å². The molecule has 0 spiro atoms. The van der Waals surface area contributed by atoms with Crippen LogP contribution in [0.2, 0.25) is 0 Å². The molecule has 2 aliphatic heterocycles. The fourth-order valence-electron chi connectivity index (χ4n) is 4.73. The van der Waals surface area contributed by atoms with E-state index in [9.17, 15) is 4.79 Å². The highest BCUT2D eigenvalue weighted by atomic mass is 32.1. The second kappa shape index (κ2) is 9.31. The average molecular weight is 490 g/mol. The largest absolute Gasteiger partial charge is 0.486 e. The first-order valence-electron chi connectivity index (χ1n) is 12.0. The van der Waals surface area contributed by atoms with Gasteiger partial charge in [-0.05, 0) is 42.1 Å². The molecule has 180 valence electrons. The maximum atomic E-state index is 13.7. The van der Waals surface area contributed by atoms with Gasteiger partial charge in [-0.25, -0.2) is 9.67 Å². The lowest BCUT2D eigenvalue weighted by Gasteiger charge is -2.35. The standard InChI is InChI=1S/C26H27N5O3S/c1-2-31-25-20(16-27-31)19(15-21(28-25)24-4-3-13-35-24)26(32)30-9-7-29(8-10-30)17-18-5-6-22-23(14-18)34-12-11-33-22/h3-6,13-16H,2,7-12,17H2,1H3. The first-order valence-corrected chi connectivity index (χ1v) is 12.9. The van der Waals surface area contributed by atoms with E-state index in [4.69, 9.17) is 14.5 Å². The lowest BCUT2D eigenvalue weighted by atomic mass is 10.1. The van der Waals surface area contributed by atoms with Crippen LogP contribution in [0.15, 0.2) is 48.0 Å². The zero-order valence-electron chi connectivity index (χ0n) is 19.6. The van der Waals surface area contributed by atoms with Crippen molar-refractivity contribution in [1.82, 2.24) is 24.6 Å². The van der Waals surface area contributed by atoms with Crippen LogP contribution in [-0.4, -0.2) is 69.9 Å². The van der Waals surface area contributed by atoms with Crippen molar-refractivity contribution in [2.45, 2.75) is 20.0 Å². The number of hydrogen-bond donors (Lipinski definition) is 0. The quantitative estimate of drug-likeness (QED) is 0.423. The van der Waals surface area contributed by atoms with Crippen molar-refractivity contribution in [2.24, 2.45) is 0 Å². The van der Waals surface area contributed by atoms with Gasteiger partial charge in [0.1, 0.15) is 13.2 Å². The maximum Gasteiger partial charge on any atom is 0.254 e. The van der Waals surface area contributed by atoms with Gasteiger partial charge in [-0.2, -0.15) is 5.10 Å². The lowest BCUT2D eigenvalue weighted by Crippen LogP contribution is -2.48. The van der Waals surface area contributed by atoms with Crippen LogP contribution in [0.5, 0.6) is 11.5 Å². The Morgan fingerprint density at radius 1 is 1.06 bits per heavy atom. The molecular formula is C26H27N5O3S. The zero-order chi connectivity index (χ0) is 23.8. The van der Waals surface area contributed by atoms with Crippen molar-refractivity contribution in [2.75, 3.05) is 39.4 Å². The fourth-order valence-corrected chi connectivity index (χ4v) is 5.42. The summed E-state index contributed by atoms with van der Waals surface area (Å²) in [7, 11) is 0. The van der Waals surface area contributed by atoms with Gasteiger partial charge in [0.2, 0.25) is 0 Å². The van der Waals surface area contributed by atoms with E-state index in [1.54, 1.807) is 17.5 Å². The smallest absolute Gasteiger partial charge is 0.254 e. The van der Waals surface area contributed by atoms with Gasteiger partial charge in [0.05, 0.1) is 27.7 Å². The number of piperazine rings is 1. The number of amides is 1. The van der Waals surface area contributed by atoms with Gasteiger partial charge in [-0.1, -0.05) is 12.1 Å². The van der Waals surface area contributed by atoms with E-state index >= 15 is 0 Å². The molecule has 1 aromatic carbocycles. The van der Waals surface area contributed by atoms with Crippen molar-refractivity contribution in [3.8, 4) is 22.1 Å². The molecule has 5 heterocycles. The molecule has 35 heavy (non-hydrogen) atoms. The number of aromatic nitrogens is 3. The predicted molar refractivity (Wildman–Crippen MR) is 135 cm³/mol. The average Bonchev–Trinajstić information content (AvgIpc) is 3.58. The van der Waals surface area contributed by atoms with Crippen LogP contribution in [0, 0.1) is 0 Å². The summed E-state index contributed by atoms with van der Waals surface area (Å²) < 4.78 is 13.2. The number of benzene rings is 1. The maximum absolute atomic E-state index is 13.7. The van der Waals surface area contributed by atoms with Gasteiger partial charge < -0.3 is 14.4 Å². The topological polar surface area (TPSA) is 72.7 Å². The molecule has 1 amide bonds. The van der Waals surface area contributed by atoms with Gasteiger partial charge in [0.15, 0.2) is 17.1 Å². The summed E-state index contributed by atoms with van der Waals surface area (Å²) in [5.74, 6) is 1.68. The molecule has 1 saturated heterocycles. The van der Waals surface area contributed by atoms with E-state index in [1.807, 2.05) is 46.2 Å². The van der Waals surface area contributed by atoms with Crippen molar-refractivity contribution in [3.05, 3.63) is 59.1 Å². The van der Waals surface area contributed by atoms with Crippen LogP contribution < -0.4 is 9.47 Å². The molecule has 0 radical (unpaired) electrons. The minimum absolute atomic E-state index is 0.0461. The first kappa shape index (κ1) is 22.1. The van der Waals surface area contributed by atoms with Crippen molar-refractivity contribution in [3.63, 3.8) is 0 Å². The molecule has 0 bridgehead atoms. The van der Waals surface area contributed by atoms with Crippen molar-refractivity contribution < 1.29 is 14.3 Å². The number of nitrogens with zero attached hydrogens (tertiary/aromatic N) is 5. The molecule has 1 fully saturated rings. The van der Waals surface area contributed by atoms with Crippen LogP contribution in [0.1, 0.15) is 22.8 Å². The van der Waals surface area contributed by atoms with Gasteiger partial charge in [-0.3, -0.25) is 9.69 Å². The number of carbonyl (C=O) groups is 1. The summed E-state index contributed by atoms with van der Waals surface area (Å²) in [6.07, 6.45) is 1.77. The fraction of sp³-hybridized carbons (Fsp3) is 0.346. The van der Waals surface area contributed by atoms with E-state index in [1.165, 1.54) is 5.56 Å². The molecule has 6 rings (SSSR count). The molecule has 9 heteroatoms. The Morgan fingerprint density at radius 2 is 1.89 bits per heavy atom. The monoisotopic (exact) mass is 489 g/mol. The summed E-state index contributed by atoms with van der Waals surface area (Å²) in [6.45, 7) is 7.76. The molecule has 4 aromatic rings. The number of rotatable bonds is 5. The van der Waals surface area contributed by atoms with Crippen LogP contribution in [0.25, 0.3) is 21.6 Å². The third kappa shape index (κ3) is 4.26. The van der Waals surface area contributed by atoms with Gasteiger partial charge >= 0.3 is 0 Å². The SMILES string of the molecule is CCn1ncc2c(C(=O)N3CCN(Cc4ccc5c(c4)OCCO5)CC3)cc(-c3cccs3)nc21. The number of thiophene rings is 1. The van der Waals surface area contributed by atoms with E-state index in [2.05, 4.69) is 22.1 Å². The Bertz CT molecular complexity index is 1360. The number of ether oxygens (including phenoxy) is 2. The van der Waals surface area contributed by atoms with Crippen LogP contribution in [0.4, 0.5) is 0 Å². The summed E-state index contributed by atoms with van der Waals surface area (Å²) in [4.78, 5) is 23.9. The third-order valence-electron chi connectivity index (χ3n) is 6.59. The highest BCUT2D eigenvalue weighted by molar-refractivity contribution is 7.13. The summed E-state index contributed by atoms with van der Waals surface area (Å²) >= 11 is 1.63. The molecular weight excluding hydrogens is 462 g/mol. The van der Waals surface area contributed by atoms with Crippen molar-refractivity contribution in [1.29, 1.82) is 0 Å². The van der Waals surface area contributed by atoms with E-state index in [-0.39, 0.29) is 5.91 Å². The minimum Gasteiger partial charge on any atom is -0.486 e. The summed E-state index contributed by atoms with van der Waals surface area (Å²) in [6, 6.07) is 12.1. The van der Waals surface area contributed by atoms with Crippen LogP contribution in [-0.2, 0) is 13.1 Å². The summed E-state index contributed by atoms with van der Waals surface area (Å²) in [5.41, 5.74) is 3.46. The van der Waals surface area contributed by atoms with Gasteiger partial charge in [-0.15, -0.1) is 11.3 Å². The normalized spacial score (nSPS) is 16.1. The molecule has 3 aromatic heterocycles. The number of pyridine rings is 1. The minimum atomic E-state index is 0.0461. The van der Waals surface area contributed by atoms with E-state index in [0.717, 1.165) is 52.7 Å². The molecule has 0 aliphatic carbocycles. The molecule has 2 aliphatic rings. The highest BCUT2D eigenvalue weighted by Gasteiger charge is 2.26. The van der Waals surface area contributed by atoms with Gasteiger partial charge in [0, 0.05) is 39.3 Å². The first-order chi connectivity index (χ1) is 17.2. The number of hydrogen-bond acceptors (Lipinski definition) is 7. The Hall–Kier alpha value is -3.43. The van der Waals surface area contributed by atoms with Crippen LogP contribution in [0.3, 0.4) is 0 Å². The molecule has 8 nitrogen and oxygen atoms in total. The third-order valence-corrected chi connectivity index (χ3v) is 7.48. The van der Waals surface area contributed by atoms with E-state index in [0.29, 0.717) is 38.4 Å². The second-order valence-corrected chi connectivity index (χ2v) is 9.72. The molecule has 0 saturated carbocycles. The Balaban J connectivity index is 1.19. The summed E-state index contributed by atoms with van der Waals surface area (Å²) in [5, 5.41) is 7.32. The Labute approximate surface area is 207 Å². The number of aryl methyl sites for hydroxylation is 1. The number of carbonyl (C=O) groups excluding carboxylic acids is 1. The Kier molecular flexibility index (Phi) is 5.87. The van der Waals surface area contributed by atoms with Crippen LogP contribution >= 0.6 is 11.3 Å². The van der Waals surface area contributed by atoms with Gasteiger partial charge in [0.25, 0.3) is 5.91 Å². The number of fused-ring (bicyclic) bond motifs is 2. The lowest BCUT2D eigenvalue weighted by molar-refractivity contribution is 0.0630. The predicted octanol–water partition coefficient (Wildman–Crippen LogP) is 3.91. The molecule has 0 atom stereocenters. The molecule has 0 N–H and O–H groups in total. The zero-order valence-corrected chi connectivity index (χ0v) is 20.5. The highest BCUT2D eigenvalue weighted by Crippen LogP contribution is 2.32. The van der Waals surface area contributed by atoms with Crippen molar-refractivity contribution >= 4 is 28.3 Å². The Morgan fingerprint density at radius 3 is 2.66 bits per heavy atom. The second-order valence-electron chi connectivity index (χ2n) is 8.78. The molecule has 0 unspecified atom stereocenters.